The fourth-order valence-electron chi connectivity index (χ4n) is 1.53. The number of hydrogen-bond acceptors (Lipinski definition) is 4. The highest BCUT2D eigenvalue weighted by atomic mass is 19.1. The van der Waals surface area contributed by atoms with Crippen molar-refractivity contribution < 1.29 is 19.0 Å². The van der Waals surface area contributed by atoms with E-state index < -0.39 is 6.10 Å². The van der Waals surface area contributed by atoms with Crippen molar-refractivity contribution in [1.29, 1.82) is 0 Å². The molecule has 4 nitrogen and oxygen atoms in total. The molecule has 1 aromatic rings. The number of aryl methyl sites for hydroxylation is 1. The van der Waals surface area contributed by atoms with Crippen LogP contribution in [0.2, 0.25) is 0 Å². The minimum Gasteiger partial charge on any atom is -0.389 e. The third-order valence-corrected chi connectivity index (χ3v) is 2.59. The molecule has 0 amide bonds. The van der Waals surface area contributed by atoms with Crippen LogP contribution in [-0.4, -0.2) is 44.2 Å². The monoisotopic (exact) mass is 271 g/mol. The lowest BCUT2D eigenvalue weighted by atomic mass is 10.2. The van der Waals surface area contributed by atoms with Crippen LogP contribution in [0.1, 0.15) is 12.5 Å². The van der Waals surface area contributed by atoms with Crippen LogP contribution in [0, 0.1) is 12.7 Å². The minimum absolute atomic E-state index is 0.231. The number of anilines is 1. The molecular formula is C14H22FNO3. The molecule has 5 heteroatoms. The molecule has 0 saturated heterocycles. The summed E-state index contributed by atoms with van der Waals surface area (Å²) in [6, 6.07) is 4.76. The van der Waals surface area contributed by atoms with Crippen LogP contribution in [0.25, 0.3) is 0 Å². The first-order valence-corrected chi connectivity index (χ1v) is 6.47. The Morgan fingerprint density at radius 3 is 2.74 bits per heavy atom. The molecule has 1 unspecified atom stereocenters. The van der Waals surface area contributed by atoms with Crippen LogP contribution in [0.5, 0.6) is 0 Å². The summed E-state index contributed by atoms with van der Waals surface area (Å²) in [4.78, 5) is 0. The van der Waals surface area contributed by atoms with Crippen molar-refractivity contribution in [2.24, 2.45) is 0 Å². The van der Waals surface area contributed by atoms with E-state index in [4.69, 9.17) is 9.47 Å². The second kappa shape index (κ2) is 8.85. The van der Waals surface area contributed by atoms with Gasteiger partial charge in [-0.2, -0.15) is 0 Å². The van der Waals surface area contributed by atoms with E-state index in [9.17, 15) is 9.50 Å². The van der Waals surface area contributed by atoms with Crippen LogP contribution in [0.4, 0.5) is 10.1 Å². The van der Waals surface area contributed by atoms with Crippen LogP contribution in [0.3, 0.4) is 0 Å². The maximum Gasteiger partial charge on any atom is 0.126 e. The molecule has 0 spiro atoms. The summed E-state index contributed by atoms with van der Waals surface area (Å²) < 4.78 is 23.4. The van der Waals surface area contributed by atoms with Crippen molar-refractivity contribution in [3.63, 3.8) is 0 Å². The Hall–Kier alpha value is -1.17. The summed E-state index contributed by atoms with van der Waals surface area (Å²) in [7, 11) is 0. The average Bonchev–Trinajstić information content (AvgIpc) is 2.40. The summed E-state index contributed by atoms with van der Waals surface area (Å²) in [6.45, 7) is 5.91. The van der Waals surface area contributed by atoms with Gasteiger partial charge in [-0.25, -0.2) is 4.39 Å². The minimum atomic E-state index is -0.605. The molecule has 2 N–H and O–H groups in total. The van der Waals surface area contributed by atoms with E-state index >= 15 is 0 Å². The molecule has 108 valence electrons. The number of aliphatic hydroxyl groups is 1. The van der Waals surface area contributed by atoms with Crippen LogP contribution in [0.15, 0.2) is 18.2 Å². The Kier molecular flexibility index (Phi) is 7.40. The smallest absolute Gasteiger partial charge is 0.126 e. The fraction of sp³-hybridized carbons (Fsp3) is 0.571. The van der Waals surface area contributed by atoms with Crippen molar-refractivity contribution in [3.05, 3.63) is 29.6 Å². The molecule has 0 fully saturated rings. The molecule has 19 heavy (non-hydrogen) atoms. The zero-order chi connectivity index (χ0) is 14.1. The van der Waals surface area contributed by atoms with Crippen LogP contribution < -0.4 is 5.32 Å². The van der Waals surface area contributed by atoms with Crippen molar-refractivity contribution in [3.8, 4) is 0 Å². The summed E-state index contributed by atoms with van der Waals surface area (Å²) in [6.07, 6.45) is -0.605. The highest BCUT2D eigenvalue weighted by Crippen LogP contribution is 2.13. The van der Waals surface area contributed by atoms with Gasteiger partial charge >= 0.3 is 0 Å². The number of nitrogens with one attached hydrogen (secondary N) is 1. The van der Waals surface area contributed by atoms with Crippen LogP contribution in [-0.2, 0) is 9.47 Å². The van der Waals surface area contributed by atoms with Gasteiger partial charge in [0.25, 0.3) is 0 Å². The molecule has 0 aliphatic heterocycles. The molecule has 0 bridgehead atoms. The van der Waals surface area contributed by atoms with Crippen molar-refractivity contribution in [2.45, 2.75) is 20.0 Å². The molecule has 1 aromatic carbocycles. The van der Waals surface area contributed by atoms with E-state index in [2.05, 4.69) is 5.32 Å². The van der Waals surface area contributed by atoms with Gasteiger partial charge in [0.2, 0.25) is 0 Å². The maximum absolute atomic E-state index is 13.1. The van der Waals surface area contributed by atoms with E-state index in [0.717, 1.165) is 5.69 Å². The normalized spacial score (nSPS) is 12.4. The summed E-state index contributed by atoms with van der Waals surface area (Å²) in [5.41, 5.74) is 1.36. The number of ether oxygens (including phenoxy) is 2. The van der Waals surface area contributed by atoms with E-state index in [1.165, 1.54) is 6.07 Å². The average molecular weight is 271 g/mol. The Morgan fingerprint density at radius 2 is 2.05 bits per heavy atom. The van der Waals surface area contributed by atoms with Crippen LogP contribution >= 0.6 is 0 Å². The standard InChI is InChI=1S/C14H22FNO3/c1-3-18-6-7-19-10-13(17)9-16-12-4-5-14(15)11(2)8-12/h4-5,8,13,16-17H,3,6-7,9-10H2,1-2H3. The molecule has 0 saturated carbocycles. The molecular weight excluding hydrogens is 249 g/mol. The Bertz CT molecular complexity index is 374. The van der Waals surface area contributed by atoms with Crippen molar-refractivity contribution >= 4 is 5.69 Å². The van der Waals surface area contributed by atoms with Gasteiger partial charge < -0.3 is 19.9 Å². The fourth-order valence-corrected chi connectivity index (χ4v) is 1.53. The quantitative estimate of drug-likeness (QED) is 0.674. The van der Waals surface area contributed by atoms with Gasteiger partial charge in [0, 0.05) is 18.8 Å². The highest BCUT2D eigenvalue weighted by molar-refractivity contribution is 5.45. The van der Waals surface area contributed by atoms with Gasteiger partial charge in [-0.1, -0.05) is 0 Å². The first-order chi connectivity index (χ1) is 9.13. The Balaban J connectivity index is 2.18. The summed E-state index contributed by atoms with van der Waals surface area (Å²) >= 11 is 0. The zero-order valence-electron chi connectivity index (χ0n) is 11.5. The van der Waals surface area contributed by atoms with Gasteiger partial charge in [0.1, 0.15) is 5.82 Å². The second-order valence-corrected chi connectivity index (χ2v) is 4.27. The SMILES string of the molecule is CCOCCOCC(O)CNc1ccc(F)c(C)c1. The lowest BCUT2D eigenvalue weighted by Gasteiger charge is -2.13. The molecule has 1 atom stereocenters. The topological polar surface area (TPSA) is 50.7 Å². The van der Waals surface area contributed by atoms with Gasteiger partial charge in [-0.15, -0.1) is 0 Å². The van der Waals surface area contributed by atoms with E-state index in [1.807, 2.05) is 6.92 Å². The molecule has 0 aliphatic carbocycles. The van der Waals surface area contributed by atoms with Gasteiger partial charge in [0.15, 0.2) is 0 Å². The number of hydrogen-bond donors (Lipinski definition) is 2. The molecule has 0 aliphatic rings. The largest absolute Gasteiger partial charge is 0.389 e. The third-order valence-electron chi connectivity index (χ3n) is 2.59. The third kappa shape index (κ3) is 6.52. The predicted octanol–water partition coefficient (Wildman–Crippen LogP) is 1.96. The lowest BCUT2D eigenvalue weighted by molar-refractivity contribution is 0.0103. The predicted molar refractivity (Wildman–Crippen MR) is 72.9 cm³/mol. The Labute approximate surface area is 113 Å². The van der Waals surface area contributed by atoms with E-state index in [1.54, 1.807) is 19.1 Å². The Morgan fingerprint density at radius 1 is 1.32 bits per heavy atom. The van der Waals surface area contributed by atoms with Gasteiger partial charge in [0.05, 0.1) is 25.9 Å². The highest BCUT2D eigenvalue weighted by Gasteiger charge is 2.05. The summed E-state index contributed by atoms with van der Waals surface area (Å²) in [5, 5.41) is 12.7. The first kappa shape index (κ1) is 15.9. The molecule has 1 rings (SSSR count). The number of aliphatic hydroxyl groups excluding tert-OH is 1. The molecule has 0 heterocycles. The first-order valence-electron chi connectivity index (χ1n) is 6.47. The van der Waals surface area contributed by atoms with Crippen molar-refractivity contribution in [2.75, 3.05) is 38.3 Å². The van der Waals surface area contributed by atoms with E-state index in [0.29, 0.717) is 31.9 Å². The number of benzene rings is 1. The summed E-state index contributed by atoms with van der Waals surface area (Å²) in [5.74, 6) is -0.231. The number of rotatable bonds is 9. The maximum atomic E-state index is 13.1. The molecule has 0 radical (unpaired) electrons. The molecule has 0 aromatic heterocycles. The van der Waals surface area contributed by atoms with Gasteiger partial charge in [-0.05, 0) is 37.6 Å². The zero-order valence-corrected chi connectivity index (χ0v) is 11.5. The number of halogens is 1. The van der Waals surface area contributed by atoms with Crippen molar-refractivity contribution in [1.82, 2.24) is 0 Å². The second-order valence-electron chi connectivity index (χ2n) is 4.27. The van der Waals surface area contributed by atoms with E-state index in [-0.39, 0.29) is 12.4 Å². The van der Waals surface area contributed by atoms with Gasteiger partial charge in [-0.3, -0.25) is 0 Å². The lowest BCUT2D eigenvalue weighted by Crippen LogP contribution is -2.25.